The summed E-state index contributed by atoms with van der Waals surface area (Å²) in [4.78, 5) is 31.3. The van der Waals surface area contributed by atoms with Crippen molar-refractivity contribution in [2.24, 2.45) is 0 Å². The highest BCUT2D eigenvalue weighted by molar-refractivity contribution is 6.10. The fraction of sp³-hybridized carbons (Fsp3) is 0.212. The van der Waals surface area contributed by atoms with Gasteiger partial charge in [0, 0.05) is 42.0 Å². The van der Waals surface area contributed by atoms with Gasteiger partial charge in [-0.25, -0.2) is 0 Å². The Morgan fingerprint density at radius 1 is 0.795 bits per heavy atom. The van der Waals surface area contributed by atoms with E-state index in [-0.39, 0.29) is 17.9 Å². The molecular formula is C33H32N4O2. The molecule has 2 amide bonds. The third-order valence-electron chi connectivity index (χ3n) is 7.67. The van der Waals surface area contributed by atoms with Crippen LogP contribution in [0.15, 0.2) is 103 Å². The second kappa shape index (κ2) is 10.8. The van der Waals surface area contributed by atoms with Gasteiger partial charge in [0.05, 0.1) is 11.4 Å². The number of nitrogens with zero attached hydrogens (tertiary/aromatic N) is 2. The fourth-order valence-corrected chi connectivity index (χ4v) is 5.86. The van der Waals surface area contributed by atoms with E-state index in [0.29, 0.717) is 29.4 Å². The Kier molecular flexibility index (Phi) is 6.86. The van der Waals surface area contributed by atoms with Crippen molar-refractivity contribution in [3.8, 4) is 11.1 Å². The van der Waals surface area contributed by atoms with Crippen LogP contribution >= 0.6 is 0 Å². The third-order valence-corrected chi connectivity index (χ3v) is 7.67. The Balaban J connectivity index is 1.20. The first-order chi connectivity index (χ1) is 19.1. The minimum atomic E-state index is -0.185. The maximum atomic E-state index is 13.7. The molecule has 0 spiro atoms. The van der Waals surface area contributed by atoms with Crippen molar-refractivity contribution in [2.45, 2.75) is 25.4 Å². The van der Waals surface area contributed by atoms with E-state index in [2.05, 4.69) is 28.5 Å². The largest absolute Gasteiger partial charge is 0.363 e. The van der Waals surface area contributed by atoms with E-state index >= 15 is 0 Å². The van der Waals surface area contributed by atoms with Crippen LogP contribution in [0.1, 0.15) is 34.1 Å². The molecule has 2 aliphatic heterocycles. The van der Waals surface area contributed by atoms with Crippen LogP contribution < -0.4 is 20.4 Å². The van der Waals surface area contributed by atoms with Gasteiger partial charge in [0.1, 0.15) is 0 Å². The van der Waals surface area contributed by atoms with E-state index < -0.39 is 0 Å². The van der Waals surface area contributed by atoms with Gasteiger partial charge in [-0.3, -0.25) is 9.59 Å². The quantitative estimate of drug-likeness (QED) is 0.339. The zero-order chi connectivity index (χ0) is 26.8. The molecule has 4 aromatic carbocycles. The molecule has 0 saturated carbocycles. The lowest BCUT2D eigenvalue weighted by atomic mass is 9.99. The number of carbonyl (C=O) groups excluding carboxylic acids is 2. The Morgan fingerprint density at radius 2 is 1.49 bits per heavy atom. The molecule has 6 heteroatoms. The van der Waals surface area contributed by atoms with Crippen LogP contribution in [0.2, 0.25) is 0 Å². The number of hydrogen-bond acceptors (Lipinski definition) is 4. The Hall–Kier alpha value is -4.42. The molecule has 2 atom stereocenters. The topological polar surface area (TPSA) is 64.7 Å². The van der Waals surface area contributed by atoms with Crippen LogP contribution in [-0.2, 0) is 0 Å². The number of anilines is 3. The molecule has 39 heavy (non-hydrogen) atoms. The van der Waals surface area contributed by atoms with Crippen molar-refractivity contribution >= 4 is 28.9 Å². The van der Waals surface area contributed by atoms with Gasteiger partial charge in [-0.15, -0.1) is 0 Å². The van der Waals surface area contributed by atoms with Crippen LogP contribution in [0.25, 0.3) is 11.1 Å². The number of likely N-dealkylation sites (N-methyl/N-ethyl adjacent to an activating group) is 1. The van der Waals surface area contributed by atoms with Crippen molar-refractivity contribution in [1.29, 1.82) is 0 Å². The van der Waals surface area contributed by atoms with Gasteiger partial charge in [-0.2, -0.15) is 0 Å². The number of rotatable bonds is 6. The van der Waals surface area contributed by atoms with Crippen LogP contribution in [0.4, 0.5) is 17.1 Å². The molecule has 0 aromatic heterocycles. The number of carbonyl (C=O) groups is 2. The van der Waals surface area contributed by atoms with Gasteiger partial charge in [0.15, 0.2) is 0 Å². The lowest BCUT2D eigenvalue weighted by Gasteiger charge is -2.40. The molecule has 196 valence electrons. The van der Waals surface area contributed by atoms with Crippen molar-refractivity contribution in [1.82, 2.24) is 5.32 Å². The average Bonchev–Trinajstić information content (AvgIpc) is 3.40. The smallest absolute Gasteiger partial charge is 0.258 e. The standard InChI is InChI=1S/C33H32N4O2/c1-2-34-26-20-27-22-37(31-15-9-8-14-30(31)36(27)21-26)33(39)24-16-18-25(19-17-24)35-32(38)29-13-7-6-12-28(29)23-10-4-3-5-11-23/h3-19,26-27,34H,2,20-22H2,1H3,(H,35,38)/t26?,27-/m1/s1. The number of nitrogens with one attached hydrogen (secondary N) is 2. The molecule has 1 saturated heterocycles. The van der Waals surface area contributed by atoms with Crippen molar-refractivity contribution in [2.75, 3.05) is 34.8 Å². The predicted molar refractivity (Wildman–Crippen MR) is 158 cm³/mol. The number of fused-ring (bicyclic) bond motifs is 3. The molecular weight excluding hydrogens is 484 g/mol. The molecule has 2 heterocycles. The van der Waals surface area contributed by atoms with Crippen LogP contribution in [0, 0.1) is 0 Å². The first-order valence-corrected chi connectivity index (χ1v) is 13.6. The minimum absolute atomic E-state index is 0.0266. The molecule has 2 N–H and O–H groups in total. The Morgan fingerprint density at radius 3 is 2.26 bits per heavy atom. The molecule has 4 aromatic rings. The van der Waals surface area contributed by atoms with Crippen LogP contribution in [0.3, 0.4) is 0 Å². The normalized spacial score (nSPS) is 17.9. The summed E-state index contributed by atoms with van der Waals surface area (Å²) in [7, 11) is 0. The number of hydrogen-bond donors (Lipinski definition) is 2. The predicted octanol–water partition coefficient (Wildman–Crippen LogP) is 5.82. The SMILES string of the molecule is CCNC1C[C@@H]2CN(C(=O)c3ccc(NC(=O)c4ccccc4-c4ccccc4)cc3)c3ccccc3N2C1. The highest BCUT2D eigenvalue weighted by Crippen LogP contribution is 2.40. The van der Waals surface area contributed by atoms with Crippen molar-refractivity contribution in [3.05, 3.63) is 114 Å². The molecule has 1 unspecified atom stereocenters. The molecule has 0 radical (unpaired) electrons. The second-order valence-corrected chi connectivity index (χ2v) is 10.1. The summed E-state index contributed by atoms with van der Waals surface area (Å²) in [5, 5.41) is 6.57. The fourth-order valence-electron chi connectivity index (χ4n) is 5.86. The molecule has 2 aliphatic rings. The number of para-hydroxylation sites is 2. The zero-order valence-electron chi connectivity index (χ0n) is 22.0. The summed E-state index contributed by atoms with van der Waals surface area (Å²) in [6, 6.07) is 33.5. The summed E-state index contributed by atoms with van der Waals surface area (Å²) in [6.45, 7) is 4.69. The van der Waals surface area contributed by atoms with Gasteiger partial charge >= 0.3 is 0 Å². The molecule has 0 aliphatic carbocycles. The zero-order valence-corrected chi connectivity index (χ0v) is 22.0. The van der Waals surface area contributed by atoms with Gasteiger partial charge in [0.2, 0.25) is 0 Å². The molecule has 0 bridgehead atoms. The molecule has 1 fully saturated rings. The van der Waals surface area contributed by atoms with E-state index in [0.717, 1.165) is 42.0 Å². The van der Waals surface area contributed by atoms with Gasteiger partial charge in [-0.05, 0) is 66.6 Å². The first-order valence-electron chi connectivity index (χ1n) is 13.6. The van der Waals surface area contributed by atoms with E-state index in [1.807, 2.05) is 77.7 Å². The van der Waals surface area contributed by atoms with Crippen LogP contribution in [0.5, 0.6) is 0 Å². The molecule has 6 nitrogen and oxygen atoms in total. The number of amides is 2. The Labute approximate surface area is 229 Å². The number of benzene rings is 4. The summed E-state index contributed by atoms with van der Waals surface area (Å²) in [5.41, 5.74) is 5.78. The van der Waals surface area contributed by atoms with E-state index in [1.165, 1.54) is 0 Å². The van der Waals surface area contributed by atoms with E-state index in [4.69, 9.17) is 0 Å². The van der Waals surface area contributed by atoms with E-state index in [1.54, 1.807) is 24.3 Å². The van der Waals surface area contributed by atoms with E-state index in [9.17, 15) is 9.59 Å². The molecule has 6 rings (SSSR count). The second-order valence-electron chi connectivity index (χ2n) is 10.1. The van der Waals surface area contributed by atoms with Gasteiger partial charge in [0.25, 0.3) is 11.8 Å². The van der Waals surface area contributed by atoms with Gasteiger partial charge in [-0.1, -0.05) is 67.6 Å². The maximum absolute atomic E-state index is 13.7. The summed E-state index contributed by atoms with van der Waals surface area (Å²) >= 11 is 0. The minimum Gasteiger partial charge on any atom is -0.363 e. The first kappa shape index (κ1) is 24.9. The average molecular weight is 517 g/mol. The Bertz CT molecular complexity index is 1490. The summed E-state index contributed by atoms with van der Waals surface area (Å²) in [6.07, 6.45) is 1.02. The summed E-state index contributed by atoms with van der Waals surface area (Å²) in [5.74, 6) is -0.212. The third kappa shape index (κ3) is 4.91. The van der Waals surface area contributed by atoms with Gasteiger partial charge < -0.3 is 20.4 Å². The van der Waals surface area contributed by atoms with Crippen molar-refractivity contribution < 1.29 is 9.59 Å². The lowest BCUT2D eigenvalue weighted by molar-refractivity contribution is 0.0983. The maximum Gasteiger partial charge on any atom is 0.258 e. The highest BCUT2D eigenvalue weighted by Gasteiger charge is 2.40. The van der Waals surface area contributed by atoms with Crippen LogP contribution in [-0.4, -0.2) is 43.5 Å². The monoisotopic (exact) mass is 516 g/mol. The van der Waals surface area contributed by atoms with Crippen molar-refractivity contribution in [3.63, 3.8) is 0 Å². The summed E-state index contributed by atoms with van der Waals surface area (Å²) < 4.78 is 0. The lowest BCUT2D eigenvalue weighted by Crippen LogP contribution is -2.48. The highest BCUT2D eigenvalue weighted by atomic mass is 16.2.